The number of hydrogen-bond acceptors (Lipinski definition) is 3. The Morgan fingerprint density at radius 3 is 2.44 bits per heavy atom. The third-order valence-corrected chi connectivity index (χ3v) is 4.62. The lowest BCUT2D eigenvalue weighted by atomic mass is 10.3. The summed E-state index contributed by atoms with van der Waals surface area (Å²) in [6.45, 7) is 4.99. The number of sulfonamides is 1. The average Bonchev–Trinajstić information content (AvgIpc) is 2.37. The smallest absolute Gasteiger partial charge is 0.242 e. The highest BCUT2D eigenvalue weighted by atomic mass is 32.2. The third-order valence-electron chi connectivity index (χ3n) is 2.75. The average molecular weight is 271 g/mol. The molecular weight excluding hydrogens is 250 g/mol. The van der Waals surface area contributed by atoms with Crippen molar-refractivity contribution >= 4 is 10.0 Å². The Morgan fingerprint density at radius 1 is 1.28 bits per heavy atom. The topological polar surface area (TPSA) is 46.6 Å². The molecule has 0 spiro atoms. The molecule has 1 rings (SSSR count). The van der Waals surface area contributed by atoms with Crippen LogP contribution in [0.5, 0.6) is 0 Å². The van der Waals surface area contributed by atoms with E-state index in [9.17, 15) is 8.42 Å². The van der Waals surface area contributed by atoms with Gasteiger partial charge in [-0.1, -0.05) is 18.2 Å². The quantitative estimate of drug-likeness (QED) is 0.763. The molecule has 0 aromatic heterocycles. The standard InChI is InChI=1S/C13H21NO3S/c1-4-17-12(2)10-11-14(3)18(15,16)13-8-6-5-7-9-13/h5-9,12H,4,10-11H2,1-3H3. The normalized spacial score (nSPS) is 13.8. The molecule has 0 saturated heterocycles. The molecule has 0 aliphatic rings. The first-order chi connectivity index (χ1) is 8.48. The van der Waals surface area contributed by atoms with Gasteiger partial charge in [0.05, 0.1) is 11.0 Å². The molecule has 0 aliphatic heterocycles. The van der Waals surface area contributed by atoms with Crippen LogP contribution in [0.1, 0.15) is 20.3 Å². The van der Waals surface area contributed by atoms with Gasteiger partial charge in [0.25, 0.3) is 0 Å². The van der Waals surface area contributed by atoms with E-state index in [2.05, 4.69) is 0 Å². The van der Waals surface area contributed by atoms with Gasteiger partial charge >= 0.3 is 0 Å². The van der Waals surface area contributed by atoms with Gasteiger partial charge in [-0.05, 0) is 32.4 Å². The van der Waals surface area contributed by atoms with E-state index in [0.717, 1.165) is 0 Å². The molecule has 1 atom stereocenters. The lowest BCUT2D eigenvalue weighted by Gasteiger charge is -2.19. The summed E-state index contributed by atoms with van der Waals surface area (Å²) in [4.78, 5) is 0.330. The van der Waals surface area contributed by atoms with Crippen LogP contribution in [0.3, 0.4) is 0 Å². The molecule has 0 fully saturated rings. The van der Waals surface area contributed by atoms with Crippen molar-refractivity contribution < 1.29 is 13.2 Å². The van der Waals surface area contributed by atoms with Gasteiger partial charge < -0.3 is 4.74 Å². The highest BCUT2D eigenvalue weighted by molar-refractivity contribution is 7.89. The van der Waals surface area contributed by atoms with Crippen LogP contribution >= 0.6 is 0 Å². The molecule has 0 aliphatic carbocycles. The number of ether oxygens (including phenoxy) is 1. The van der Waals surface area contributed by atoms with E-state index in [4.69, 9.17) is 4.74 Å². The molecule has 0 bridgehead atoms. The van der Waals surface area contributed by atoms with Gasteiger partial charge in [-0.3, -0.25) is 0 Å². The molecule has 4 nitrogen and oxygen atoms in total. The molecule has 1 aromatic rings. The van der Waals surface area contributed by atoms with E-state index in [1.165, 1.54) is 4.31 Å². The summed E-state index contributed by atoms with van der Waals surface area (Å²) in [5.74, 6) is 0. The summed E-state index contributed by atoms with van der Waals surface area (Å²) in [5.41, 5.74) is 0. The number of rotatable bonds is 7. The minimum absolute atomic E-state index is 0.0726. The largest absolute Gasteiger partial charge is 0.379 e. The molecular formula is C13H21NO3S. The highest BCUT2D eigenvalue weighted by Gasteiger charge is 2.20. The Labute approximate surface area is 110 Å². The van der Waals surface area contributed by atoms with Gasteiger partial charge in [0.15, 0.2) is 0 Å². The van der Waals surface area contributed by atoms with Gasteiger partial charge in [-0.15, -0.1) is 0 Å². The predicted octanol–water partition coefficient (Wildman–Crippen LogP) is 2.12. The Balaban J connectivity index is 2.64. The minimum atomic E-state index is -3.37. The number of benzene rings is 1. The van der Waals surface area contributed by atoms with Crippen molar-refractivity contribution in [2.75, 3.05) is 20.2 Å². The van der Waals surface area contributed by atoms with Crippen molar-refractivity contribution in [2.45, 2.75) is 31.3 Å². The Hall–Kier alpha value is -0.910. The fourth-order valence-electron chi connectivity index (χ4n) is 1.62. The molecule has 0 amide bonds. The van der Waals surface area contributed by atoms with Crippen LogP contribution in [0.2, 0.25) is 0 Å². The van der Waals surface area contributed by atoms with Crippen LogP contribution in [0.4, 0.5) is 0 Å². The van der Waals surface area contributed by atoms with Crippen LogP contribution < -0.4 is 0 Å². The van der Waals surface area contributed by atoms with E-state index < -0.39 is 10.0 Å². The first kappa shape index (κ1) is 15.1. The van der Waals surface area contributed by atoms with Crippen molar-refractivity contribution in [3.05, 3.63) is 30.3 Å². The summed E-state index contributed by atoms with van der Waals surface area (Å²) >= 11 is 0. The second kappa shape index (κ2) is 6.87. The Kier molecular flexibility index (Phi) is 5.78. The van der Waals surface area contributed by atoms with Crippen LogP contribution in [-0.2, 0) is 14.8 Å². The van der Waals surface area contributed by atoms with E-state index >= 15 is 0 Å². The summed E-state index contributed by atoms with van der Waals surface area (Å²) in [6.07, 6.45) is 0.763. The maximum absolute atomic E-state index is 12.2. The van der Waals surface area contributed by atoms with Crippen molar-refractivity contribution in [1.29, 1.82) is 0 Å². The highest BCUT2D eigenvalue weighted by Crippen LogP contribution is 2.14. The lowest BCUT2D eigenvalue weighted by molar-refractivity contribution is 0.0677. The lowest BCUT2D eigenvalue weighted by Crippen LogP contribution is -2.30. The van der Waals surface area contributed by atoms with Gasteiger partial charge in [0.1, 0.15) is 0 Å². The summed E-state index contributed by atoms with van der Waals surface area (Å²) < 4.78 is 31.1. The van der Waals surface area contributed by atoms with Gasteiger partial charge in [0, 0.05) is 20.2 Å². The maximum atomic E-state index is 12.2. The first-order valence-corrected chi connectivity index (χ1v) is 7.55. The van der Waals surface area contributed by atoms with E-state index in [1.54, 1.807) is 37.4 Å². The predicted molar refractivity (Wildman–Crippen MR) is 72.0 cm³/mol. The molecule has 1 unspecified atom stereocenters. The molecule has 102 valence electrons. The zero-order chi connectivity index (χ0) is 13.6. The molecule has 5 heteroatoms. The molecule has 0 radical (unpaired) electrons. The molecule has 0 N–H and O–H groups in total. The second-order valence-electron chi connectivity index (χ2n) is 4.19. The van der Waals surface area contributed by atoms with Gasteiger partial charge in [-0.2, -0.15) is 0 Å². The first-order valence-electron chi connectivity index (χ1n) is 6.11. The van der Waals surface area contributed by atoms with Crippen molar-refractivity contribution in [1.82, 2.24) is 4.31 Å². The molecule has 0 heterocycles. The summed E-state index contributed by atoms with van der Waals surface area (Å²) in [6, 6.07) is 8.47. The Bertz CT molecular complexity index is 445. The van der Waals surface area contributed by atoms with Crippen LogP contribution in [-0.4, -0.2) is 39.0 Å². The van der Waals surface area contributed by atoms with E-state index in [1.807, 2.05) is 13.8 Å². The monoisotopic (exact) mass is 271 g/mol. The second-order valence-corrected chi connectivity index (χ2v) is 6.24. The van der Waals surface area contributed by atoms with Crippen molar-refractivity contribution in [3.8, 4) is 0 Å². The van der Waals surface area contributed by atoms with Gasteiger partial charge in [-0.25, -0.2) is 12.7 Å². The number of nitrogens with zero attached hydrogens (tertiary/aromatic N) is 1. The van der Waals surface area contributed by atoms with Crippen LogP contribution in [0.25, 0.3) is 0 Å². The summed E-state index contributed by atoms with van der Waals surface area (Å²) in [7, 11) is -1.77. The molecule has 18 heavy (non-hydrogen) atoms. The van der Waals surface area contributed by atoms with E-state index in [-0.39, 0.29) is 6.10 Å². The zero-order valence-electron chi connectivity index (χ0n) is 11.2. The third kappa shape index (κ3) is 4.08. The van der Waals surface area contributed by atoms with Crippen molar-refractivity contribution in [3.63, 3.8) is 0 Å². The van der Waals surface area contributed by atoms with Crippen LogP contribution in [0.15, 0.2) is 35.2 Å². The maximum Gasteiger partial charge on any atom is 0.242 e. The fourth-order valence-corrected chi connectivity index (χ4v) is 2.83. The Morgan fingerprint density at radius 2 is 1.89 bits per heavy atom. The number of hydrogen-bond donors (Lipinski definition) is 0. The minimum Gasteiger partial charge on any atom is -0.379 e. The van der Waals surface area contributed by atoms with Crippen LogP contribution in [0, 0.1) is 0 Å². The summed E-state index contributed by atoms with van der Waals surface area (Å²) in [5, 5.41) is 0. The fraction of sp³-hybridized carbons (Fsp3) is 0.538. The van der Waals surface area contributed by atoms with Crippen molar-refractivity contribution in [2.24, 2.45) is 0 Å². The molecule has 0 saturated carbocycles. The molecule has 1 aromatic carbocycles. The SMILES string of the molecule is CCOC(C)CCN(C)S(=O)(=O)c1ccccc1. The van der Waals surface area contributed by atoms with Gasteiger partial charge in [0.2, 0.25) is 10.0 Å². The zero-order valence-corrected chi connectivity index (χ0v) is 12.0. The van der Waals surface area contributed by atoms with E-state index in [0.29, 0.717) is 24.5 Å².